The molecule has 0 aromatic carbocycles. The van der Waals surface area contributed by atoms with Crippen LogP contribution in [0.2, 0.25) is 0 Å². The molecule has 0 aliphatic rings. The van der Waals surface area contributed by atoms with E-state index < -0.39 is 6.23 Å². The highest BCUT2D eigenvalue weighted by Gasteiger charge is 1.97. The minimum atomic E-state index is -0.891. The average molecular weight is 104 g/mol. The molecule has 0 saturated carbocycles. The molecule has 0 fully saturated rings. The fourth-order valence-corrected chi connectivity index (χ4v) is 0.0881. The summed E-state index contributed by atoms with van der Waals surface area (Å²) in [7, 11) is 0. The summed E-state index contributed by atoms with van der Waals surface area (Å²) in [4.78, 5) is 9.59. The highest BCUT2D eigenvalue weighted by atomic mass is 16.3. The lowest BCUT2D eigenvalue weighted by Crippen LogP contribution is -2.37. The number of aliphatic hydroxyl groups excluding tert-OH is 1. The van der Waals surface area contributed by atoms with Gasteiger partial charge in [-0.15, -0.1) is 0 Å². The van der Waals surface area contributed by atoms with Gasteiger partial charge in [-0.2, -0.15) is 0 Å². The van der Waals surface area contributed by atoms with Gasteiger partial charge in [0.1, 0.15) is 6.23 Å². The summed E-state index contributed by atoms with van der Waals surface area (Å²) in [6.07, 6.45) is -0.539. The van der Waals surface area contributed by atoms with Gasteiger partial charge in [0, 0.05) is 0 Å². The topological polar surface area (TPSA) is 66.6 Å². The van der Waals surface area contributed by atoms with E-state index in [2.05, 4.69) is 0 Å². The van der Waals surface area contributed by atoms with Crippen molar-refractivity contribution in [2.24, 2.45) is 5.84 Å². The van der Waals surface area contributed by atoms with E-state index in [9.17, 15) is 4.79 Å². The fraction of sp³-hybridized carbons (Fsp3) is 0.667. The lowest BCUT2D eigenvalue weighted by Gasteiger charge is -2.11. The zero-order chi connectivity index (χ0) is 5.86. The molecule has 0 bridgehead atoms. The number of hydrogen-bond donors (Lipinski definition) is 2. The molecule has 0 aromatic heterocycles. The van der Waals surface area contributed by atoms with E-state index in [0.717, 1.165) is 0 Å². The summed E-state index contributed by atoms with van der Waals surface area (Å²) in [5, 5.41) is 9.06. The van der Waals surface area contributed by atoms with Crippen LogP contribution in [0.15, 0.2) is 0 Å². The average Bonchev–Trinajstić information content (AvgIpc) is 1.65. The maximum absolute atomic E-state index is 9.59. The highest BCUT2D eigenvalue weighted by molar-refractivity contribution is 5.45. The van der Waals surface area contributed by atoms with Crippen LogP contribution in [0, 0.1) is 0 Å². The van der Waals surface area contributed by atoms with Gasteiger partial charge in [0.15, 0.2) is 0 Å². The molecule has 0 unspecified atom stereocenters. The van der Waals surface area contributed by atoms with Gasteiger partial charge in [0.05, 0.1) is 0 Å². The molecular weight excluding hydrogens is 96.0 g/mol. The quantitative estimate of drug-likeness (QED) is 0.150. The first-order valence-electron chi connectivity index (χ1n) is 1.85. The minimum Gasteiger partial charge on any atom is -0.372 e. The number of aliphatic hydroxyl groups is 1. The molecule has 0 spiro atoms. The summed E-state index contributed by atoms with van der Waals surface area (Å²) in [5.74, 6) is 4.83. The minimum absolute atomic E-state index is 0.352. The van der Waals surface area contributed by atoms with Crippen LogP contribution in [0.5, 0.6) is 0 Å². The van der Waals surface area contributed by atoms with E-state index in [4.69, 9.17) is 10.9 Å². The van der Waals surface area contributed by atoms with Crippen LogP contribution >= 0.6 is 0 Å². The Kier molecular flexibility index (Phi) is 2.32. The van der Waals surface area contributed by atoms with E-state index in [0.29, 0.717) is 11.4 Å². The lowest BCUT2D eigenvalue weighted by atomic mass is 10.7. The molecule has 0 saturated heterocycles. The summed E-state index contributed by atoms with van der Waals surface area (Å²) in [6, 6.07) is 0. The van der Waals surface area contributed by atoms with Crippen molar-refractivity contribution in [3.05, 3.63) is 0 Å². The Bertz CT molecular complexity index is 64.0. The van der Waals surface area contributed by atoms with Gasteiger partial charge in [0.25, 0.3) is 0 Å². The third-order valence-electron chi connectivity index (χ3n) is 0.553. The van der Waals surface area contributed by atoms with Crippen molar-refractivity contribution in [3.63, 3.8) is 0 Å². The Morgan fingerprint density at radius 2 is 2.43 bits per heavy atom. The van der Waals surface area contributed by atoms with Gasteiger partial charge in [-0.1, -0.05) is 0 Å². The van der Waals surface area contributed by atoms with Crippen LogP contribution in [0.25, 0.3) is 0 Å². The largest absolute Gasteiger partial charge is 0.372 e. The maximum Gasteiger partial charge on any atom is 0.225 e. The molecule has 0 radical (unpaired) electrons. The molecule has 0 heterocycles. The lowest BCUT2D eigenvalue weighted by molar-refractivity contribution is -0.126. The molecule has 7 heavy (non-hydrogen) atoms. The molecule has 4 nitrogen and oxygen atoms in total. The predicted octanol–water partition coefficient (Wildman–Crippen LogP) is -1.34. The summed E-state index contributed by atoms with van der Waals surface area (Å²) in [5.41, 5.74) is 0. The van der Waals surface area contributed by atoms with Crippen molar-refractivity contribution >= 4 is 6.41 Å². The molecule has 0 aromatic rings. The van der Waals surface area contributed by atoms with Gasteiger partial charge >= 0.3 is 0 Å². The number of hydrazine groups is 1. The van der Waals surface area contributed by atoms with Gasteiger partial charge in [0.2, 0.25) is 6.41 Å². The summed E-state index contributed by atoms with van der Waals surface area (Å²) >= 11 is 0. The van der Waals surface area contributed by atoms with Gasteiger partial charge in [-0.25, -0.2) is 5.84 Å². The highest BCUT2D eigenvalue weighted by Crippen LogP contribution is 1.77. The van der Waals surface area contributed by atoms with Crippen LogP contribution in [0.4, 0.5) is 0 Å². The van der Waals surface area contributed by atoms with Crippen LogP contribution in [0.1, 0.15) is 6.92 Å². The second-order valence-corrected chi connectivity index (χ2v) is 1.18. The summed E-state index contributed by atoms with van der Waals surface area (Å²) < 4.78 is 0. The first-order chi connectivity index (χ1) is 3.18. The van der Waals surface area contributed by atoms with E-state index >= 15 is 0 Å². The van der Waals surface area contributed by atoms with Crippen LogP contribution in [-0.2, 0) is 4.79 Å². The molecule has 0 aliphatic carbocycles. The first-order valence-corrected chi connectivity index (χ1v) is 1.85. The number of nitrogens with zero attached hydrogens (tertiary/aromatic N) is 1. The number of nitrogens with two attached hydrogens (primary N) is 1. The third kappa shape index (κ3) is 2.13. The van der Waals surface area contributed by atoms with Crippen molar-refractivity contribution in [2.75, 3.05) is 0 Å². The second-order valence-electron chi connectivity index (χ2n) is 1.18. The van der Waals surface area contributed by atoms with Crippen LogP contribution < -0.4 is 5.84 Å². The van der Waals surface area contributed by atoms with Crippen molar-refractivity contribution in [1.29, 1.82) is 0 Å². The Morgan fingerprint density at radius 1 is 2.00 bits per heavy atom. The molecule has 1 amide bonds. The van der Waals surface area contributed by atoms with E-state index in [1.54, 1.807) is 0 Å². The van der Waals surface area contributed by atoms with Crippen molar-refractivity contribution in [2.45, 2.75) is 13.2 Å². The Labute approximate surface area is 41.5 Å². The van der Waals surface area contributed by atoms with Gasteiger partial charge in [-0.3, -0.25) is 9.80 Å². The van der Waals surface area contributed by atoms with Crippen molar-refractivity contribution in [1.82, 2.24) is 5.01 Å². The predicted molar refractivity (Wildman–Crippen MR) is 23.8 cm³/mol. The zero-order valence-electron chi connectivity index (χ0n) is 4.03. The number of rotatable bonds is 2. The maximum atomic E-state index is 9.59. The zero-order valence-corrected chi connectivity index (χ0v) is 4.03. The van der Waals surface area contributed by atoms with Crippen molar-refractivity contribution in [3.8, 4) is 0 Å². The molecule has 1 atom stereocenters. The normalized spacial score (nSPS) is 13.0. The SMILES string of the molecule is C[C@@H](O)N(N)C=O. The Balaban J connectivity index is 3.33. The molecule has 42 valence electrons. The first kappa shape index (κ1) is 6.39. The van der Waals surface area contributed by atoms with Gasteiger partial charge in [-0.05, 0) is 6.92 Å². The van der Waals surface area contributed by atoms with Crippen molar-refractivity contribution < 1.29 is 9.90 Å². The van der Waals surface area contributed by atoms with E-state index in [1.807, 2.05) is 0 Å². The molecule has 3 N–H and O–H groups in total. The fourth-order valence-electron chi connectivity index (χ4n) is 0.0881. The number of amides is 1. The smallest absolute Gasteiger partial charge is 0.225 e. The van der Waals surface area contributed by atoms with Gasteiger partial charge < -0.3 is 5.11 Å². The Morgan fingerprint density at radius 3 is 2.43 bits per heavy atom. The molecular formula is C3H8N2O2. The number of hydrogen-bond acceptors (Lipinski definition) is 3. The van der Waals surface area contributed by atoms with Crippen LogP contribution in [0.3, 0.4) is 0 Å². The number of carbonyl (C=O) groups is 1. The summed E-state index contributed by atoms with van der Waals surface area (Å²) in [6.45, 7) is 1.40. The molecule has 0 aliphatic heterocycles. The standard InChI is InChI=1S/C3H8N2O2/c1-3(7)5(4)2-6/h2-3,7H,4H2,1H3/t3-/m1/s1. The molecule has 0 rings (SSSR count). The Hall–Kier alpha value is -0.610. The molecule has 4 heteroatoms. The third-order valence-corrected chi connectivity index (χ3v) is 0.553. The monoisotopic (exact) mass is 104 g/mol. The van der Waals surface area contributed by atoms with E-state index in [-0.39, 0.29) is 0 Å². The van der Waals surface area contributed by atoms with E-state index in [1.165, 1.54) is 6.92 Å². The second kappa shape index (κ2) is 2.54. The van der Waals surface area contributed by atoms with Crippen LogP contribution in [-0.4, -0.2) is 22.8 Å². The number of carbonyl (C=O) groups excluding carboxylic acids is 1.